The third-order valence-corrected chi connectivity index (χ3v) is 4.50. The van der Waals surface area contributed by atoms with Gasteiger partial charge in [0.1, 0.15) is 11.5 Å². The van der Waals surface area contributed by atoms with Crippen LogP contribution in [0.15, 0.2) is 36.7 Å². The highest BCUT2D eigenvalue weighted by molar-refractivity contribution is 6.30. The molecule has 112 valence electrons. The Bertz CT molecular complexity index is 836. The number of nitrogens with one attached hydrogen (secondary N) is 1. The second-order valence-electron chi connectivity index (χ2n) is 5.85. The molecule has 3 aromatic heterocycles. The molecule has 1 fully saturated rings. The number of pyridine rings is 2. The molecule has 5 heteroatoms. The molecular formula is C17H17ClN4. The van der Waals surface area contributed by atoms with Crippen molar-refractivity contribution < 1.29 is 0 Å². The van der Waals surface area contributed by atoms with E-state index in [1.807, 2.05) is 35.0 Å². The predicted octanol–water partition coefficient (Wildman–Crippen LogP) is 4.32. The van der Waals surface area contributed by atoms with Gasteiger partial charge in [0.15, 0.2) is 0 Å². The van der Waals surface area contributed by atoms with Gasteiger partial charge in [-0.3, -0.25) is 4.40 Å². The van der Waals surface area contributed by atoms with E-state index in [0.29, 0.717) is 11.1 Å². The van der Waals surface area contributed by atoms with Gasteiger partial charge in [0.2, 0.25) is 0 Å². The van der Waals surface area contributed by atoms with Crippen molar-refractivity contribution >= 4 is 23.1 Å². The third-order valence-electron chi connectivity index (χ3n) is 4.27. The van der Waals surface area contributed by atoms with Gasteiger partial charge >= 0.3 is 0 Å². The summed E-state index contributed by atoms with van der Waals surface area (Å²) in [5, 5.41) is 4.23. The van der Waals surface area contributed by atoms with Crippen LogP contribution in [0.3, 0.4) is 0 Å². The summed E-state index contributed by atoms with van der Waals surface area (Å²) in [6.07, 6.45) is 7.49. The van der Waals surface area contributed by atoms with E-state index in [1.165, 1.54) is 24.8 Å². The van der Waals surface area contributed by atoms with Crippen LogP contribution < -0.4 is 5.32 Å². The Kier molecular flexibility index (Phi) is 3.26. The highest BCUT2D eigenvalue weighted by atomic mass is 35.5. The summed E-state index contributed by atoms with van der Waals surface area (Å²) in [6.45, 7) is 2.09. The van der Waals surface area contributed by atoms with Crippen LogP contribution >= 0.6 is 11.6 Å². The van der Waals surface area contributed by atoms with Crippen molar-refractivity contribution in [2.75, 3.05) is 5.32 Å². The quantitative estimate of drug-likeness (QED) is 0.783. The molecule has 0 radical (unpaired) electrons. The lowest BCUT2D eigenvalue weighted by molar-refractivity contribution is 0.444. The van der Waals surface area contributed by atoms with Crippen molar-refractivity contribution in [1.29, 1.82) is 0 Å². The summed E-state index contributed by atoms with van der Waals surface area (Å²) in [7, 11) is 0. The van der Waals surface area contributed by atoms with Gasteiger partial charge in [0.05, 0.1) is 22.6 Å². The highest BCUT2D eigenvalue weighted by Crippen LogP contribution is 2.27. The lowest BCUT2D eigenvalue weighted by atomic mass is 9.93. The molecule has 4 nitrogen and oxygen atoms in total. The molecule has 4 rings (SSSR count). The highest BCUT2D eigenvalue weighted by Gasteiger charge is 2.18. The standard InChI is InChI=1S/C17H17ClN4/c1-11-5-7-14(21-17(11)20-13-3-2-4-13)15-9-19-16-8-6-12(18)10-22(15)16/h5-10,13H,2-4H2,1H3,(H,20,21). The number of hydrogen-bond donors (Lipinski definition) is 1. The molecular weight excluding hydrogens is 296 g/mol. The zero-order chi connectivity index (χ0) is 15.1. The predicted molar refractivity (Wildman–Crippen MR) is 89.4 cm³/mol. The molecule has 1 saturated carbocycles. The second-order valence-corrected chi connectivity index (χ2v) is 6.29. The van der Waals surface area contributed by atoms with Crippen LogP contribution in [0, 0.1) is 6.92 Å². The Hall–Kier alpha value is -2.07. The monoisotopic (exact) mass is 312 g/mol. The van der Waals surface area contributed by atoms with Crippen molar-refractivity contribution in [3.8, 4) is 11.4 Å². The second kappa shape index (κ2) is 5.29. The van der Waals surface area contributed by atoms with Gasteiger partial charge < -0.3 is 5.32 Å². The molecule has 1 N–H and O–H groups in total. The first-order chi connectivity index (χ1) is 10.7. The van der Waals surface area contributed by atoms with Crippen molar-refractivity contribution in [3.05, 3.63) is 47.2 Å². The Morgan fingerprint density at radius 1 is 1.23 bits per heavy atom. The van der Waals surface area contributed by atoms with E-state index in [1.54, 1.807) is 0 Å². The Labute approximate surface area is 134 Å². The average molecular weight is 313 g/mol. The van der Waals surface area contributed by atoms with Gasteiger partial charge in [-0.1, -0.05) is 17.7 Å². The number of anilines is 1. The van der Waals surface area contributed by atoms with Crippen LogP contribution in [0.5, 0.6) is 0 Å². The molecule has 3 aromatic rings. The minimum Gasteiger partial charge on any atom is -0.367 e. The smallest absolute Gasteiger partial charge is 0.137 e. The van der Waals surface area contributed by atoms with Gasteiger partial charge in [0, 0.05) is 12.2 Å². The lowest BCUT2D eigenvalue weighted by Crippen LogP contribution is -2.27. The van der Waals surface area contributed by atoms with Crippen molar-refractivity contribution in [2.45, 2.75) is 32.2 Å². The van der Waals surface area contributed by atoms with Crippen LogP contribution in [0.25, 0.3) is 17.0 Å². The number of hydrogen-bond acceptors (Lipinski definition) is 3. The number of aromatic nitrogens is 3. The van der Waals surface area contributed by atoms with Crippen LogP contribution in [0.4, 0.5) is 5.82 Å². The minimum absolute atomic E-state index is 0.568. The number of aryl methyl sites for hydroxylation is 1. The van der Waals surface area contributed by atoms with Gasteiger partial charge in [-0.25, -0.2) is 9.97 Å². The normalized spacial score (nSPS) is 15.0. The van der Waals surface area contributed by atoms with Crippen molar-refractivity contribution in [3.63, 3.8) is 0 Å². The topological polar surface area (TPSA) is 42.2 Å². The SMILES string of the molecule is Cc1ccc(-c2cnc3ccc(Cl)cn23)nc1NC1CCC1. The first-order valence-electron chi connectivity index (χ1n) is 7.58. The third kappa shape index (κ3) is 2.33. The summed E-state index contributed by atoms with van der Waals surface area (Å²) < 4.78 is 1.98. The van der Waals surface area contributed by atoms with E-state index in [4.69, 9.17) is 16.6 Å². The molecule has 22 heavy (non-hydrogen) atoms. The van der Waals surface area contributed by atoms with Crippen molar-refractivity contribution in [1.82, 2.24) is 14.4 Å². The molecule has 0 spiro atoms. The molecule has 0 aliphatic heterocycles. The fourth-order valence-corrected chi connectivity index (χ4v) is 2.87. The van der Waals surface area contributed by atoms with Gasteiger partial charge in [-0.15, -0.1) is 0 Å². The molecule has 0 atom stereocenters. The molecule has 3 heterocycles. The van der Waals surface area contributed by atoms with Crippen molar-refractivity contribution in [2.24, 2.45) is 0 Å². The number of nitrogens with zero attached hydrogens (tertiary/aromatic N) is 3. The summed E-state index contributed by atoms with van der Waals surface area (Å²) >= 11 is 6.11. The van der Waals surface area contributed by atoms with E-state index >= 15 is 0 Å². The zero-order valence-corrected chi connectivity index (χ0v) is 13.1. The summed E-state index contributed by atoms with van der Waals surface area (Å²) in [6, 6.07) is 8.46. The Morgan fingerprint density at radius 3 is 2.86 bits per heavy atom. The fraction of sp³-hybridized carbons (Fsp3) is 0.294. The molecule has 0 saturated heterocycles. The molecule has 0 bridgehead atoms. The van der Waals surface area contributed by atoms with E-state index in [0.717, 1.165) is 22.9 Å². The average Bonchev–Trinajstić information content (AvgIpc) is 2.87. The van der Waals surface area contributed by atoms with E-state index in [9.17, 15) is 0 Å². The molecule has 1 aliphatic rings. The largest absolute Gasteiger partial charge is 0.367 e. The molecule has 0 unspecified atom stereocenters. The maximum absolute atomic E-state index is 6.11. The van der Waals surface area contributed by atoms with E-state index in [-0.39, 0.29) is 0 Å². The number of imidazole rings is 1. The number of fused-ring (bicyclic) bond motifs is 1. The number of halogens is 1. The van der Waals surface area contributed by atoms with E-state index < -0.39 is 0 Å². The molecule has 0 amide bonds. The van der Waals surface area contributed by atoms with Crippen LogP contribution in [-0.2, 0) is 0 Å². The van der Waals surface area contributed by atoms with Crippen LogP contribution in [0.1, 0.15) is 24.8 Å². The summed E-state index contributed by atoms with van der Waals surface area (Å²) in [4.78, 5) is 9.22. The minimum atomic E-state index is 0.568. The fourth-order valence-electron chi connectivity index (χ4n) is 2.71. The number of rotatable bonds is 3. The van der Waals surface area contributed by atoms with Crippen LogP contribution in [-0.4, -0.2) is 20.4 Å². The summed E-state index contributed by atoms with van der Waals surface area (Å²) in [5.41, 5.74) is 3.90. The zero-order valence-electron chi connectivity index (χ0n) is 12.4. The Balaban J connectivity index is 1.77. The lowest BCUT2D eigenvalue weighted by Gasteiger charge is -2.27. The molecule has 1 aliphatic carbocycles. The Morgan fingerprint density at radius 2 is 2.09 bits per heavy atom. The van der Waals surface area contributed by atoms with Crippen LogP contribution in [0.2, 0.25) is 5.02 Å². The first kappa shape index (κ1) is 13.6. The summed E-state index contributed by atoms with van der Waals surface area (Å²) in [5.74, 6) is 0.971. The van der Waals surface area contributed by atoms with Gasteiger partial charge in [-0.05, 0) is 49.9 Å². The maximum atomic E-state index is 6.11. The van der Waals surface area contributed by atoms with Gasteiger partial charge in [-0.2, -0.15) is 0 Å². The first-order valence-corrected chi connectivity index (χ1v) is 7.96. The van der Waals surface area contributed by atoms with E-state index in [2.05, 4.69) is 23.3 Å². The molecule has 0 aromatic carbocycles. The maximum Gasteiger partial charge on any atom is 0.137 e. The van der Waals surface area contributed by atoms with Gasteiger partial charge in [0.25, 0.3) is 0 Å².